The molecule has 0 saturated carbocycles. The standard InChI is InChI=1S/C29H26N2O3S/c1-2-32-27-17-21(14-15-26(27)33-19-20-9-4-3-5-10-20)29-31-24(22-11-6-7-12-25(22)34-29)18-23(30-31)28-13-8-16-35-28/h3-17,24,29H,2,18-19H2,1H3/t24-,29+/m1/s1. The summed E-state index contributed by atoms with van der Waals surface area (Å²) in [6, 6.07) is 28.8. The summed E-state index contributed by atoms with van der Waals surface area (Å²) >= 11 is 1.72. The molecular formula is C29H26N2O3S. The fraction of sp³-hybridized carbons (Fsp3) is 0.207. The van der Waals surface area contributed by atoms with Crippen LogP contribution in [0.3, 0.4) is 0 Å². The number of hydrogen-bond donors (Lipinski definition) is 0. The zero-order valence-electron chi connectivity index (χ0n) is 19.5. The van der Waals surface area contributed by atoms with Crippen LogP contribution in [-0.2, 0) is 6.61 Å². The van der Waals surface area contributed by atoms with E-state index in [0.717, 1.165) is 34.8 Å². The van der Waals surface area contributed by atoms with Gasteiger partial charge in [-0.3, -0.25) is 0 Å². The van der Waals surface area contributed by atoms with Gasteiger partial charge in [0.05, 0.1) is 23.2 Å². The van der Waals surface area contributed by atoms with Gasteiger partial charge in [-0.25, -0.2) is 5.01 Å². The van der Waals surface area contributed by atoms with Gasteiger partial charge in [0, 0.05) is 17.5 Å². The smallest absolute Gasteiger partial charge is 0.214 e. The van der Waals surface area contributed by atoms with Crippen molar-refractivity contribution in [3.8, 4) is 17.2 Å². The average Bonchev–Trinajstić information content (AvgIpc) is 3.59. The van der Waals surface area contributed by atoms with E-state index in [-0.39, 0.29) is 12.3 Å². The Bertz CT molecular complexity index is 1340. The summed E-state index contributed by atoms with van der Waals surface area (Å²) in [7, 11) is 0. The number of fused-ring (bicyclic) bond motifs is 3. The molecule has 2 atom stereocenters. The molecule has 0 spiro atoms. The van der Waals surface area contributed by atoms with Crippen LogP contribution in [0.1, 0.15) is 47.2 Å². The quantitative estimate of drug-likeness (QED) is 0.285. The maximum atomic E-state index is 6.53. The number of hydrazone groups is 1. The van der Waals surface area contributed by atoms with Crippen molar-refractivity contribution < 1.29 is 14.2 Å². The van der Waals surface area contributed by atoms with Crippen LogP contribution in [0.4, 0.5) is 0 Å². The summed E-state index contributed by atoms with van der Waals surface area (Å²) in [6.45, 7) is 3.01. The topological polar surface area (TPSA) is 43.3 Å². The van der Waals surface area contributed by atoms with Crippen LogP contribution in [0.2, 0.25) is 0 Å². The molecule has 176 valence electrons. The fourth-order valence-electron chi connectivity index (χ4n) is 4.65. The molecule has 0 aliphatic carbocycles. The summed E-state index contributed by atoms with van der Waals surface area (Å²) in [6.07, 6.45) is 0.503. The monoisotopic (exact) mass is 482 g/mol. The first-order valence-electron chi connectivity index (χ1n) is 11.9. The number of benzene rings is 3. The van der Waals surface area contributed by atoms with Crippen molar-refractivity contribution in [3.63, 3.8) is 0 Å². The minimum atomic E-state index is -0.352. The molecule has 4 aromatic rings. The van der Waals surface area contributed by atoms with Crippen LogP contribution in [-0.4, -0.2) is 17.3 Å². The molecule has 3 aromatic carbocycles. The van der Waals surface area contributed by atoms with Crippen molar-refractivity contribution in [1.29, 1.82) is 0 Å². The molecule has 0 bridgehead atoms. The van der Waals surface area contributed by atoms with E-state index in [1.165, 1.54) is 10.4 Å². The maximum absolute atomic E-state index is 6.53. The number of ether oxygens (including phenoxy) is 3. The molecule has 1 aromatic heterocycles. The lowest BCUT2D eigenvalue weighted by molar-refractivity contribution is -0.0192. The number of rotatable bonds is 7. The molecular weight excluding hydrogens is 456 g/mol. The van der Waals surface area contributed by atoms with Gasteiger partial charge in [0.1, 0.15) is 12.4 Å². The highest BCUT2D eigenvalue weighted by Crippen LogP contribution is 2.48. The first-order chi connectivity index (χ1) is 17.3. The third-order valence-electron chi connectivity index (χ3n) is 6.29. The van der Waals surface area contributed by atoms with E-state index in [9.17, 15) is 0 Å². The molecule has 0 N–H and O–H groups in total. The van der Waals surface area contributed by atoms with Crippen LogP contribution in [0.25, 0.3) is 0 Å². The van der Waals surface area contributed by atoms with Crippen LogP contribution in [0.15, 0.2) is 95.4 Å². The maximum Gasteiger partial charge on any atom is 0.214 e. The lowest BCUT2D eigenvalue weighted by Crippen LogP contribution is -2.33. The van der Waals surface area contributed by atoms with E-state index in [2.05, 4.69) is 52.9 Å². The van der Waals surface area contributed by atoms with E-state index in [1.807, 2.05) is 49.4 Å². The summed E-state index contributed by atoms with van der Waals surface area (Å²) in [4.78, 5) is 1.20. The number of thiophene rings is 1. The van der Waals surface area contributed by atoms with E-state index in [0.29, 0.717) is 19.0 Å². The van der Waals surface area contributed by atoms with Crippen molar-refractivity contribution in [2.75, 3.05) is 6.61 Å². The summed E-state index contributed by atoms with van der Waals surface area (Å²) in [5, 5.41) is 9.25. The van der Waals surface area contributed by atoms with Crippen molar-refractivity contribution >= 4 is 17.0 Å². The molecule has 5 nitrogen and oxygen atoms in total. The van der Waals surface area contributed by atoms with Gasteiger partial charge >= 0.3 is 0 Å². The Morgan fingerprint density at radius 3 is 2.63 bits per heavy atom. The second kappa shape index (κ2) is 9.47. The van der Waals surface area contributed by atoms with E-state index in [4.69, 9.17) is 19.3 Å². The van der Waals surface area contributed by atoms with Gasteiger partial charge in [0.2, 0.25) is 6.23 Å². The van der Waals surface area contributed by atoms with E-state index >= 15 is 0 Å². The molecule has 2 aliphatic heterocycles. The molecule has 0 fully saturated rings. The van der Waals surface area contributed by atoms with Crippen molar-refractivity contribution in [3.05, 3.63) is 112 Å². The Morgan fingerprint density at radius 1 is 0.943 bits per heavy atom. The molecule has 2 aliphatic rings. The molecule has 6 heteroatoms. The van der Waals surface area contributed by atoms with Gasteiger partial charge < -0.3 is 14.2 Å². The van der Waals surface area contributed by atoms with Crippen LogP contribution >= 0.6 is 11.3 Å². The van der Waals surface area contributed by atoms with Gasteiger partial charge in [-0.1, -0.05) is 54.6 Å². The summed E-state index contributed by atoms with van der Waals surface area (Å²) in [5.74, 6) is 2.33. The predicted octanol–water partition coefficient (Wildman–Crippen LogP) is 6.97. The SMILES string of the molecule is CCOc1cc([C@@H]2Oc3ccccc3[C@H]3CC(c4cccs4)=NN32)ccc1OCc1ccccc1. The van der Waals surface area contributed by atoms with Crippen molar-refractivity contribution in [2.24, 2.45) is 5.10 Å². The molecule has 3 heterocycles. The minimum Gasteiger partial charge on any atom is -0.490 e. The fourth-order valence-corrected chi connectivity index (χ4v) is 5.37. The molecule has 0 amide bonds. The number of nitrogens with zero attached hydrogens (tertiary/aromatic N) is 2. The van der Waals surface area contributed by atoms with Crippen LogP contribution in [0.5, 0.6) is 17.2 Å². The molecule has 0 unspecified atom stereocenters. The summed E-state index contributed by atoms with van der Waals surface area (Å²) in [5.41, 5.74) is 4.37. The van der Waals surface area contributed by atoms with E-state index in [1.54, 1.807) is 11.3 Å². The highest BCUT2D eigenvalue weighted by Gasteiger charge is 2.41. The van der Waals surface area contributed by atoms with Gasteiger partial charge in [0.25, 0.3) is 0 Å². The highest BCUT2D eigenvalue weighted by molar-refractivity contribution is 7.12. The normalized spacial score (nSPS) is 18.3. The number of hydrogen-bond acceptors (Lipinski definition) is 6. The Labute approximate surface area is 209 Å². The van der Waals surface area contributed by atoms with Gasteiger partial charge in [-0.05, 0) is 48.2 Å². The highest BCUT2D eigenvalue weighted by atomic mass is 32.1. The first kappa shape index (κ1) is 21.7. The third kappa shape index (κ3) is 4.26. The van der Waals surface area contributed by atoms with Crippen molar-refractivity contribution in [2.45, 2.75) is 32.2 Å². The molecule has 35 heavy (non-hydrogen) atoms. The Morgan fingerprint density at radius 2 is 1.80 bits per heavy atom. The minimum absolute atomic E-state index is 0.131. The van der Waals surface area contributed by atoms with Crippen LogP contribution < -0.4 is 14.2 Å². The molecule has 0 saturated heterocycles. The second-order valence-corrected chi connectivity index (χ2v) is 9.49. The Kier molecular flexibility index (Phi) is 5.88. The molecule has 0 radical (unpaired) electrons. The molecule has 6 rings (SSSR count). The van der Waals surface area contributed by atoms with Gasteiger partial charge in [-0.15, -0.1) is 11.3 Å². The zero-order valence-corrected chi connectivity index (χ0v) is 20.3. The third-order valence-corrected chi connectivity index (χ3v) is 7.21. The van der Waals surface area contributed by atoms with E-state index < -0.39 is 0 Å². The second-order valence-electron chi connectivity index (χ2n) is 8.55. The Hall–Kier alpha value is -3.77. The lowest BCUT2D eigenvalue weighted by Gasteiger charge is -2.38. The average molecular weight is 483 g/mol. The van der Waals surface area contributed by atoms with Gasteiger partial charge in [0.15, 0.2) is 11.5 Å². The predicted molar refractivity (Wildman–Crippen MR) is 138 cm³/mol. The summed E-state index contributed by atoms with van der Waals surface area (Å²) < 4.78 is 18.6. The van der Waals surface area contributed by atoms with Crippen LogP contribution in [0, 0.1) is 0 Å². The lowest BCUT2D eigenvalue weighted by atomic mass is 9.97. The first-order valence-corrected chi connectivity index (χ1v) is 12.8. The Balaban J connectivity index is 1.33. The number of para-hydroxylation sites is 1. The van der Waals surface area contributed by atoms with Crippen molar-refractivity contribution in [1.82, 2.24) is 5.01 Å². The van der Waals surface area contributed by atoms with Gasteiger partial charge in [-0.2, -0.15) is 5.10 Å². The largest absolute Gasteiger partial charge is 0.490 e. The zero-order chi connectivity index (χ0) is 23.6.